The second-order valence-electron chi connectivity index (χ2n) is 5.16. The molecule has 0 bridgehead atoms. The Balaban J connectivity index is 1.91. The van der Waals surface area contributed by atoms with Crippen molar-refractivity contribution < 1.29 is 39.7 Å². The maximum atomic E-state index is 9.82. The van der Waals surface area contributed by atoms with E-state index in [0.29, 0.717) is 12.8 Å². The molecule has 2 heterocycles. The zero-order valence-corrected chi connectivity index (χ0v) is 11.0. The third-order valence-electron chi connectivity index (χ3n) is 3.66. The molecule has 5 N–H and O–H groups in total. The molecular formula is C12H22O8. The molecule has 2 aliphatic rings. The monoisotopic (exact) mass is 294 g/mol. The molecule has 0 amide bonds. The van der Waals surface area contributed by atoms with E-state index in [4.69, 9.17) is 24.4 Å². The minimum atomic E-state index is -1.42. The number of hydrogen-bond acceptors (Lipinski definition) is 8. The highest BCUT2D eigenvalue weighted by Crippen LogP contribution is 2.27. The lowest BCUT2D eigenvalue weighted by Crippen LogP contribution is -2.52. The van der Waals surface area contributed by atoms with Crippen LogP contribution in [-0.4, -0.2) is 81.8 Å². The van der Waals surface area contributed by atoms with Crippen molar-refractivity contribution in [3.05, 3.63) is 0 Å². The number of aliphatic hydroxyl groups excluding tert-OH is 5. The summed E-state index contributed by atoms with van der Waals surface area (Å²) in [6.07, 6.45) is -5.09. The van der Waals surface area contributed by atoms with Crippen LogP contribution >= 0.6 is 0 Å². The van der Waals surface area contributed by atoms with Gasteiger partial charge in [0.2, 0.25) is 0 Å². The van der Waals surface area contributed by atoms with Crippen LogP contribution in [0.5, 0.6) is 0 Å². The van der Waals surface area contributed by atoms with Gasteiger partial charge in [-0.15, -0.1) is 0 Å². The maximum absolute atomic E-state index is 9.82. The van der Waals surface area contributed by atoms with Gasteiger partial charge in [-0.3, -0.25) is 0 Å². The van der Waals surface area contributed by atoms with Crippen LogP contribution in [0.2, 0.25) is 0 Å². The van der Waals surface area contributed by atoms with Crippen LogP contribution < -0.4 is 0 Å². The Labute approximate surface area is 116 Å². The first kappa shape index (κ1) is 16.1. The van der Waals surface area contributed by atoms with Gasteiger partial charge in [-0.1, -0.05) is 0 Å². The fraction of sp³-hybridized carbons (Fsp3) is 1.00. The first-order chi connectivity index (χ1) is 9.55. The summed E-state index contributed by atoms with van der Waals surface area (Å²) >= 11 is 0. The van der Waals surface area contributed by atoms with Crippen LogP contribution in [0.15, 0.2) is 0 Å². The van der Waals surface area contributed by atoms with Crippen molar-refractivity contribution in [3.63, 3.8) is 0 Å². The topological polar surface area (TPSA) is 129 Å². The van der Waals surface area contributed by atoms with Gasteiger partial charge in [-0.25, -0.2) is 0 Å². The van der Waals surface area contributed by atoms with Crippen molar-refractivity contribution in [1.82, 2.24) is 0 Å². The molecule has 2 saturated heterocycles. The standard InChI is InChI=1S/C12H22O8/c13-4-6-3-8(11(16)12(17)18-6)19-10-2-1-7(15)9(5-14)20-10/h6-17H,1-5H2/t6-,7-,8-,9+,10-,11-,12+/m0/s1. The fourth-order valence-corrected chi connectivity index (χ4v) is 2.48. The highest BCUT2D eigenvalue weighted by molar-refractivity contribution is 4.83. The molecule has 0 aromatic rings. The quantitative estimate of drug-likeness (QED) is 0.391. The number of aliphatic hydroxyl groups is 5. The van der Waals surface area contributed by atoms with E-state index < -0.39 is 43.1 Å². The molecule has 8 nitrogen and oxygen atoms in total. The molecule has 0 spiro atoms. The highest BCUT2D eigenvalue weighted by Gasteiger charge is 2.40. The van der Waals surface area contributed by atoms with Gasteiger partial charge in [0.25, 0.3) is 0 Å². The van der Waals surface area contributed by atoms with Crippen molar-refractivity contribution in [2.45, 2.75) is 62.4 Å². The largest absolute Gasteiger partial charge is 0.394 e. The minimum absolute atomic E-state index is 0.223. The van der Waals surface area contributed by atoms with Crippen LogP contribution in [-0.2, 0) is 14.2 Å². The predicted molar refractivity (Wildman–Crippen MR) is 64.5 cm³/mol. The van der Waals surface area contributed by atoms with E-state index in [1.807, 2.05) is 0 Å². The lowest BCUT2D eigenvalue weighted by atomic mass is 10.0. The summed E-state index contributed by atoms with van der Waals surface area (Å²) in [6, 6.07) is 0. The molecule has 0 radical (unpaired) electrons. The average molecular weight is 294 g/mol. The van der Waals surface area contributed by atoms with Gasteiger partial charge in [0.15, 0.2) is 12.6 Å². The molecule has 2 rings (SSSR count). The molecule has 7 atom stereocenters. The molecule has 0 saturated carbocycles. The van der Waals surface area contributed by atoms with Gasteiger partial charge in [0.05, 0.1) is 31.5 Å². The molecule has 118 valence electrons. The Morgan fingerprint density at radius 1 is 1.00 bits per heavy atom. The lowest BCUT2D eigenvalue weighted by Gasteiger charge is -2.40. The van der Waals surface area contributed by atoms with Crippen molar-refractivity contribution >= 4 is 0 Å². The summed E-state index contributed by atoms with van der Waals surface area (Å²) in [4.78, 5) is 0. The Morgan fingerprint density at radius 3 is 2.40 bits per heavy atom. The Kier molecular flexibility index (Phi) is 5.70. The Bertz CT molecular complexity index is 301. The summed E-state index contributed by atoms with van der Waals surface area (Å²) in [5.74, 6) is 0. The van der Waals surface area contributed by atoms with Crippen molar-refractivity contribution in [2.24, 2.45) is 0 Å². The molecule has 0 unspecified atom stereocenters. The predicted octanol–water partition coefficient (Wildman–Crippen LogP) is -2.31. The smallest absolute Gasteiger partial charge is 0.183 e. The fourth-order valence-electron chi connectivity index (χ4n) is 2.48. The minimum Gasteiger partial charge on any atom is -0.394 e. The third kappa shape index (κ3) is 3.66. The Hall–Kier alpha value is -0.320. The van der Waals surface area contributed by atoms with E-state index in [0.717, 1.165) is 0 Å². The lowest BCUT2D eigenvalue weighted by molar-refractivity contribution is -0.304. The van der Waals surface area contributed by atoms with Crippen LogP contribution in [0.4, 0.5) is 0 Å². The van der Waals surface area contributed by atoms with Crippen molar-refractivity contribution in [1.29, 1.82) is 0 Å². The number of rotatable bonds is 4. The third-order valence-corrected chi connectivity index (χ3v) is 3.66. The zero-order chi connectivity index (χ0) is 14.7. The average Bonchev–Trinajstić information content (AvgIpc) is 2.45. The van der Waals surface area contributed by atoms with E-state index in [-0.39, 0.29) is 19.6 Å². The molecule has 0 aliphatic carbocycles. The van der Waals surface area contributed by atoms with Crippen molar-refractivity contribution in [3.8, 4) is 0 Å². The van der Waals surface area contributed by atoms with Crippen LogP contribution in [0, 0.1) is 0 Å². The molecular weight excluding hydrogens is 272 g/mol. The highest BCUT2D eigenvalue weighted by atomic mass is 16.7. The van der Waals surface area contributed by atoms with Gasteiger partial charge in [-0.2, -0.15) is 0 Å². The van der Waals surface area contributed by atoms with Crippen LogP contribution in [0.3, 0.4) is 0 Å². The zero-order valence-electron chi connectivity index (χ0n) is 11.0. The van der Waals surface area contributed by atoms with Crippen LogP contribution in [0.1, 0.15) is 19.3 Å². The molecule has 0 aromatic heterocycles. The van der Waals surface area contributed by atoms with E-state index in [2.05, 4.69) is 0 Å². The summed E-state index contributed by atoms with van der Waals surface area (Å²) in [6.45, 7) is -0.605. The van der Waals surface area contributed by atoms with E-state index >= 15 is 0 Å². The number of hydrogen-bond donors (Lipinski definition) is 5. The van der Waals surface area contributed by atoms with Gasteiger partial charge < -0.3 is 39.7 Å². The molecule has 2 fully saturated rings. The summed E-state index contributed by atoms with van der Waals surface area (Å²) in [5.41, 5.74) is 0. The van der Waals surface area contributed by atoms with Crippen molar-refractivity contribution in [2.75, 3.05) is 13.2 Å². The van der Waals surface area contributed by atoms with Crippen LogP contribution in [0.25, 0.3) is 0 Å². The number of ether oxygens (including phenoxy) is 3. The normalized spacial score (nSPS) is 46.4. The van der Waals surface area contributed by atoms with Gasteiger partial charge in [-0.05, 0) is 6.42 Å². The summed E-state index contributed by atoms with van der Waals surface area (Å²) in [7, 11) is 0. The summed E-state index contributed by atoms with van der Waals surface area (Å²) < 4.78 is 15.9. The van der Waals surface area contributed by atoms with E-state index in [1.165, 1.54) is 0 Å². The van der Waals surface area contributed by atoms with E-state index in [9.17, 15) is 15.3 Å². The maximum Gasteiger partial charge on any atom is 0.183 e. The molecule has 0 aromatic carbocycles. The summed E-state index contributed by atoms with van der Waals surface area (Å²) in [5, 5.41) is 47.1. The molecule has 8 heteroatoms. The van der Waals surface area contributed by atoms with E-state index in [1.54, 1.807) is 0 Å². The van der Waals surface area contributed by atoms with Gasteiger partial charge in [0.1, 0.15) is 12.2 Å². The second kappa shape index (κ2) is 7.10. The SMILES string of the molecule is OC[C@@H]1C[C@H](O[C@@H]2CC[C@H](O)[C@@H](CO)O2)[C@H](O)[C@H](O)O1. The first-order valence-corrected chi connectivity index (χ1v) is 6.77. The molecule has 2 aliphatic heterocycles. The molecule has 20 heavy (non-hydrogen) atoms. The Morgan fingerprint density at radius 2 is 1.75 bits per heavy atom. The van der Waals surface area contributed by atoms with Gasteiger partial charge in [0, 0.05) is 12.8 Å². The second-order valence-corrected chi connectivity index (χ2v) is 5.16. The van der Waals surface area contributed by atoms with Gasteiger partial charge >= 0.3 is 0 Å². The first-order valence-electron chi connectivity index (χ1n) is 6.77.